The van der Waals surface area contributed by atoms with Crippen molar-refractivity contribution in [2.75, 3.05) is 0 Å². The number of furan rings is 1. The third-order valence-corrected chi connectivity index (χ3v) is 6.77. The molecule has 7 aromatic rings. The van der Waals surface area contributed by atoms with Gasteiger partial charge in [0, 0.05) is 37.4 Å². The van der Waals surface area contributed by atoms with E-state index >= 15 is 0 Å². The Morgan fingerprint density at radius 3 is 2.49 bits per heavy atom. The van der Waals surface area contributed by atoms with Crippen molar-refractivity contribution in [3.05, 3.63) is 114 Å². The van der Waals surface area contributed by atoms with Crippen molar-refractivity contribution in [2.24, 2.45) is 0 Å². The van der Waals surface area contributed by atoms with E-state index in [0.717, 1.165) is 50.1 Å². The second kappa shape index (κ2) is 10.7. The van der Waals surface area contributed by atoms with E-state index in [0.29, 0.717) is 5.71 Å². The molecule has 0 fully saturated rings. The Morgan fingerprint density at radius 1 is 0.784 bits per heavy atom. The molecule has 37 heavy (non-hydrogen) atoms. The zero-order chi connectivity index (χ0) is 24.5. The van der Waals surface area contributed by atoms with Crippen LogP contribution in [-0.4, -0.2) is 15.0 Å². The largest absolute Gasteiger partial charge is 0.486 e. The van der Waals surface area contributed by atoms with Crippen LogP contribution in [0.4, 0.5) is 0 Å². The van der Waals surface area contributed by atoms with Crippen molar-refractivity contribution < 1.29 is 24.5 Å². The fourth-order valence-corrected chi connectivity index (χ4v) is 4.80. The molecule has 0 saturated heterocycles. The number of benzene rings is 2. The molecule has 0 aliphatic carbocycles. The van der Waals surface area contributed by atoms with Gasteiger partial charge in [-0.2, -0.15) is 0 Å². The third kappa shape index (κ3) is 5.09. The number of pyridine rings is 3. The number of hydrogen-bond donors (Lipinski definition) is 0. The summed E-state index contributed by atoms with van der Waals surface area (Å²) in [4.78, 5) is 13.5. The molecular formula is C31H21IrN3OS-2. The summed E-state index contributed by atoms with van der Waals surface area (Å²) in [6, 6.07) is 32.5. The first-order valence-corrected chi connectivity index (χ1v) is 12.5. The Balaban J connectivity index is 0.000000172. The Labute approximate surface area is 232 Å². The summed E-state index contributed by atoms with van der Waals surface area (Å²) in [6.45, 7) is 4.00. The molecule has 7 rings (SSSR count). The van der Waals surface area contributed by atoms with Gasteiger partial charge in [0.15, 0.2) is 0 Å². The Kier molecular flexibility index (Phi) is 7.24. The van der Waals surface area contributed by atoms with Gasteiger partial charge in [0.25, 0.3) is 0 Å². The van der Waals surface area contributed by atoms with E-state index in [4.69, 9.17) is 9.40 Å². The maximum absolute atomic E-state index is 6.03. The van der Waals surface area contributed by atoms with Gasteiger partial charge >= 0.3 is 0 Å². The third-order valence-electron chi connectivity index (χ3n) is 5.90. The molecule has 5 aromatic heterocycles. The number of rotatable bonds is 2. The van der Waals surface area contributed by atoms with Crippen LogP contribution in [0.2, 0.25) is 0 Å². The molecule has 1 radical (unpaired) electrons. The van der Waals surface area contributed by atoms with Gasteiger partial charge in [-0.3, -0.25) is 4.98 Å². The maximum atomic E-state index is 6.03. The Morgan fingerprint density at radius 2 is 1.68 bits per heavy atom. The number of hydrogen-bond acceptors (Lipinski definition) is 5. The summed E-state index contributed by atoms with van der Waals surface area (Å²) in [6.07, 6.45) is 1.87. The van der Waals surface area contributed by atoms with Crippen LogP contribution in [0.5, 0.6) is 0 Å². The number of aryl methyl sites for hydroxylation is 2. The summed E-state index contributed by atoms with van der Waals surface area (Å²) in [5.74, 6) is 0. The second-order valence-corrected chi connectivity index (χ2v) is 9.45. The SMILES string of the molecule is Cc1ccc(-c2[c-]cccc2)nc1.Cc1ccc2c(n1)oc1c(-c3ccc4sccc4n3)[c-]ccc12.[Ir]. The molecule has 0 bridgehead atoms. The maximum Gasteiger partial charge on any atom is 0.216 e. The summed E-state index contributed by atoms with van der Waals surface area (Å²) < 4.78 is 7.22. The molecular weight excluding hydrogens is 655 g/mol. The first-order valence-electron chi connectivity index (χ1n) is 11.6. The molecule has 0 spiro atoms. The topological polar surface area (TPSA) is 51.8 Å². The van der Waals surface area contributed by atoms with Gasteiger partial charge in [0.05, 0.1) is 15.8 Å². The van der Waals surface area contributed by atoms with Crippen LogP contribution in [0, 0.1) is 26.0 Å². The molecule has 0 atom stereocenters. The zero-order valence-corrected chi connectivity index (χ0v) is 23.4. The number of nitrogens with zero attached hydrogens (tertiary/aromatic N) is 3. The molecule has 0 amide bonds. The van der Waals surface area contributed by atoms with Crippen molar-refractivity contribution >= 4 is 43.6 Å². The van der Waals surface area contributed by atoms with Crippen molar-refractivity contribution in [3.8, 4) is 22.5 Å². The fourth-order valence-electron chi connectivity index (χ4n) is 4.08. The van der Waals surface area contributed by atoms with Gasteiger partial charge in [0.2, 0.25) is 5.71 Å². The summed E-state index contributed by atoms with van der Waals surface area (Å²) in [7, 11) is 0. The molecule has 0 N–H and O–H groups in total. The first-order chi connectivity index (χ1) is 17.7. The standard InChI is InChI=1S/C19H11N2OS.C12H10N.Ir/c1-11-5-6-13-12-3-2-4-14(18(12)22-19(13)20-11)15-7-8-17-16(21-15)9-10-23-17;1-10-7-8-12(13-9-10)11-5-3-2-4-6-11;/h2-3,5-10H,1H3;2-5,7-9H,1H3;/q2*-1;. The number of aromatic nitrogens is 3. The summed E-state index contributed by atoms with van der Waals surface area (Å²) >= 11 is 1.69. The van der Waals surface area contributed by atoms with Crippen LogP contribution in [0.1, 0.15) is 11.3 Å². The van der Waals surface area contributed by atoms with Crippen LogP contribution < -0.4 is 0 Å². The van der Waals surface area contributed by atoms with Crippen LogP contribution >= 0.6 is 11.3 Å². The molecule has 5 heterocycles. The van der Waals surface area contributed by atoms with E-state index < -0.39 is 0 Å². The van der Waals surface area contributed by atoms with Gasteiger partial charge < -0.3 is 9.40 Å². The number of fused-ring (bicyclic) bond motifs is 4. The predicted molar refractivity (Wildman–Crippen MR) is 147 cm³/mol. The normalized spacial score (nSPS) is 10.8. The van der Waals surface area contributed by atoms with Crippen molar-refractivity contribution in [2.45, 2.75) is 13.8 Å². The molecule has 183 valence electrons. The molecule has 0 aliphatic heterocycles. The van der Waals surface area contributed by atoms with Crippen molar-refractivity contribution in [1.82, 2.24) is 15.0 Å². The zero-order valence-electron chi connectivity index (χ0n) is 20.2. The van der Waals surface area contributed by atoms with Crippen molar-refractivity contribution in [1.29, 1.82) is 0 Å². The van der Waals surface area contributed by atoms with E-state index in [1.54, 1.807) is 11.3 Å². The quantitative estimate of drug-likeness (QED) is 0.173. The Bertz CT molecular complexity index is 1810. The van der Waals surface area contributed by atoms with E-state index in [1.165, 1.54) is 10.3 Å². The second-order valence-electron chi connectivity index (χ2n) is 8.50. The summed E-state index contributed by atoms with van der Waals surface area (Å²) in [5.41, 5.74) is 8.36. The average Bonchev–Trinajstić information content (AvgIpc) is 3.53. The predicted octanol–water partition coefficient (Wildman–Crippen LogP) is 8.22. The molecule has 2 aromatic carbocycles. The monoisotopic (exact) mass is 676 g/mol. The average molecular weight is 676 g/mol. The van der Waals surface area contributed by atoms with E-state index in [9.17, 15) is 0 Å². The van der Waals surface area contributed by atoms with E-state index in [1.807, 2.05) is 80.7 Å². The number of thiophene rings is 1. The van der Waals surface area contributed by atoms with Crippen LogP contribution in [0.15, 0.2) is 94.9 Å². The van der Waals surface area contributed by atoms with Gasteiger partial charge in [-0.15, -0.1) is 65.4 Å². The molecule has 4 nitrogen and oxygen atoms in total. The molecule has 0 aliphatic rings. The van der Waals surface area contributed by atoms with Gasteiger partial charge in [-0.05, 0) is 60.4 Å². The minimum atomic E-state index is 0. The van der Waals surface area contributed by atoms with Crippen LogP contribution in [-0.2, 0) is 20.1 Å². The van der Waals surface area contributed by atoms with Crippen LogP contribution in [0.25, 0.3) is 54.8 Å². The molecule has 0 saturated carbocycles. The van der Waals surface area contributed by atoms with Crippen molar-refractivity contribution in [3.63, 3.8) is 0 Å². The smallest absolute Gasteiger partial charge is 0.216 e. The minimum Gasteiger partial charge on any atom is -0.486 e. The van der Waals surface area contributed by atoms with Gasteiger partial charge in [0.1, 0.15) is 0 Å². The minimum absolute atomic E-state index is 0. The van der Waals surface area contributed by atoms with E-state index in [-0.39, 0.29) is 20.1 Å². The van der Waals surface area contributed by atoms with Gasteiger partial charge in [-0.1, -0.05) is 29.1 Å². The van der Waals surface area contributed by atoms with Crippen LogP contribution in [0.3, 0.4) is 0 Å². The Hall–Kier alpha value is -3.70. The van der Waals surface area contributed by atoms with E-state index in [2.05, 4.69) is 45.7 Å². The summed E-state index contributed by atoms with van der Waals surface area (Å²) in [5, 5.41) is 4.13. The first kappa shape index (κ1) is 25.0. The molecule has 6 heteroatoms. The van der Waals surface area contributed by atoms with Gasteiger partial charge in [-0.25, -0.2) is 4.98 Å². The molecule has 0 unspecified atom stereocenters. The fraction of sp³-hybridized carbons (Fsp3) is 0.0645.